The van der Waals surface area contributed by atoms with Crippen LogP contribution in [-0.2, 0) is 11.4 Å². The minimum absolute atomic E-state index is 0.0369. The molecule has 188 valence electrons. The van der Waals surface area contributed by atoms with Gasteiger partial charge in [0.1, 0.15) is 12.4 Å². The average Bonchev–Trinajstić information content (AvgIpc) is 2.96. The van der Waals surface area contributed by atoms with E-state index in [-0.39, 0.29) is 17.2 Å². The number of hydrogen-bond donors (Lipinski definition) is 1. The number of benzene rings is 4. The predicted molar refractivity (Wildman–Crippen MR) is 151 cm³/mol. The van der Waals surface area contributed by atoms with Crippen LogP contribution in [-0.4, -0.2) is 27.4 Å². The second kappa shape index (κ2) is 12.0. The molecular formula is C30H24N4O3S. The van der Waals surface area contributed by atoms with E-state index >= 15 is 0 Å². The van der Waals surface area contributed by atoms with Gasteiger partial charge in [0.05, 0.1) is 28.6 Å². The second-order valence-corrected chi connectivity index (χ2v) is 9.26. The van der Waals surface area contributed by atoms with Gasteiger partial charge in [-0.25, -0.2) is 10.4 Å². The Morgan fingerprint density at radius 3 is 2.47 bits per heavy atom. The summed E-state index contributed by atoms with van der Waals surface area (Å²) in [5, 5.41) is 5.03. The first-order valence-corrected chi connectivity index (χ1v) is 12.9. The third-order valence-corrected chi connectivity index (χ3v) is 6.54. The number of amides is 1. The first kappa shape index (κ1) is 25.0. The monoisotopic (exact) mass is 520 g/mol. The van der Waals surface area contributed by atoms with Crippen LogP contribution in [0.15, 0.2) is 124 Å². The minimum atomic E-state index is -0.315. The summed E-state index contributed by atoms with van der Waals surface area (Å²) >= 11 is 1.18. The third-order valence-electron chi connectivity index (χ3n) is 5.60. The zero-order valence-corrected chi connectivity index (χ0v) is 21.2. The maximum Gasteiger partial charge on any atom is 0.266 e. The number of para-hydroxylation sites is 2. The zero-order chi connectivity index (χ0) is 26.2. The number of aromatic nitrogens is 2. The molecule has 0 bridgehead atoms. The van der Waals surface area contributed by atoms with E-state index in [1.807, 2.05) is 97.1 Å². The van der Waals surface area contributed by atoms with Gasteiger partial charge in [-0.1, -0.05) is 84.6 Å². The van der Waals surface area contributed by atoms with Gasteiger partial charge >= 0.3 is 0 Å². The molecule has 1 heterocycles. The molecule has 0 fully saturated rings. The molecule has 0 aliphatic carbocycles. The van der Waals surface area contributed by atoms with Gasteiger partial charge in [0.15, 0.2) is 5.16 Å². The van der Waals surface area contributed by atoms with Crippen molar-refractivity contribution in [2.24, 2.45) is 5.10 Å². The quantitative estimate of drug-likeness (QED) is 0.125. The van der Waals surface area contributed by atoms with Gasteiger partial charge in [0.25, 0.3) is 11.5 Å². The number of ether oxygens (including phenoxy) is 1. The van der Waals surface area contributed by atoms with E-state index in [9.17, 15) is 9.59 Å². The molecule has 5 aromatic rings. The molecule has 1 aromatic heterocycles. The highest BCUT2D eigenvalue weighted by molar-refractivity contribution is 7.99. The Labute approximate surface area is 223 Å². The fourth-order valence-corrected chi connectivity index (χ4v) is 4.59. The molecule has 5 rings (SSSR count). The maximum atomic E-state index is 13.3. The number of hydrogen-bond acceptors (Lipinski definition) is 6. The highest BCUT2D eigenvalue weighted by Gasteiger charge is 2.14. The van der Waals surface area contributed by atoms with Crippen molar-refractivity contribution in [1.29, 1.82) is 0 Å². The van der Waals surface area contributed by atoms with E-state index in [2.05, 4.69) is 15.5 Å². The lowest BCUT2D eigenvalue weighted by atomic mass is 10.2. The molecule has 8 heteroatoms. The summed E-state index contributed by atoms with van der Waals surface area (Å²) in [6.07, 6.45) is 1.56. The van der Waals surface area contributed by atoms with E-state index < -0.39 is 0 Å². The summed E-state index contributed by atoms with van der Waals surface area (Å²) in [4.78, 5) is 30.5. The molecule has 0 atom stereocenters. The first-order valence-electron chi connectivity index (χ1n) is 12.0. The zero-order valence-electron chi connectivity index (χ0n) is 20.4. The number of carbonyl (C=O) groups is 1. The maximum absolute atomic E-state index is 13.3. The van der Waals surface area contributed by atoms with E-state index in [0.29, 0.717) is 34.1 Å². The number of nitrogens with one attached hydrogen (secondary N) is 1. The van der Waals surface area contributed by atoms with Crippen LogP contribution in [0, 0.1) is 0 Å². The van der Waals surface area contributed by atoms with Crippen molar-refractivity contribution < 1.29 is 9.53 Å². The van der Waals surface area contributed by atoms with Gasteiger partial charge in [0.2, 0.25) is 0 Å². The fraction of sp³-hybridized carbons (Fsp3) is 0.0667. The highest BCUT2D eigenvalue weighted by Crippen LogP contribution is 2.21. The molecule has 0 spiro atoms. The SMILES string of the molecule is O=C(CSc1nc2ccccc2c(=O)n1-c1ccccc1)N/N=C/c1cccc(OCc2ccccc2)c1. The molecule has 7 nitrogen and oxygen atoms in total. The summed E-state index contributed by atoms with van der Waals surface area (Å²) in [5.41, 5.74) is 5.50. The van der Waals surface area contributed by atoms with Crippen LogP contribution in [0.2, 0.25) is 0 Å². The smallest absolute Gasteiger partial charge is 0.266 e. The number of fused-ring (bicyclic) bond motifs is 1. The summed E-state index contributed by atoms with van der Waals surface area (Å²) in [6.45, 7) is 0.465. The molecular weight excluding hydrogens is 496 g/mol. The standard InChI is InChI=1S/C30H24N4O3S/c35-28(33-31-19-23-12-9-15-25(18-23)37-20-22-10-3-1-4-11-22)21-38-30-32-27-17-8-7-16-26(27)29(36)34(30)24-13-5-2-6-14-24/h1-19H,20-21H2,(H,33,35)/b31-19+. The van der Waals surface area contributed by atoms with Crippen molar-refractivity contribution in [3.8, 4) is 11.4 Å². The number of carbonyl (C=O) groups excluding carboxylic acids is 1. The van der Waals surface area contributed by atoms with Crippen molar-refractivity contribution in [3.63, 3.8) is 0 Å². The summed E-state index contributed by atoms with van der Waals surface area (Å²) in [5.74, 6) is 0.431. The van der Waals surface area contributed by atoms with Crippen molar-refractivity contribution in [2.75, 3.05) is 5.75 Å². The molecule has 38 heavy (non-hydrogen) atoms. The van der Waals surface area contributed by atoms with Crippen LogP contribution in [0.1, 0.15) is 11.1 Å². The summed E-state index contributed by atoms with van der Waals surface area (Å²) < 4.78 is 7.38. The van der Waals surface area contributed by atoms with Crippen LogP contribution in [0.3, 0.4) is 0 Å². The van der Waals surface area contributed by atoms with Crippen LogP contribution in [0.25, 0.3) is 16.6 Å². The molecule has 1 amide bonds. The van der Waals surface area contributed by atoms with Crippen molar-refractivity contribution >= 4 is 34.8 Å². The summed E-state index contributed by atoms with van der Waals surface area (Å²) in [7, 11) is 0. The Morgan fingerprint density at radius 2 is 1.66 bits per heavy atom. The lowest BCUT2D eigenvalue weighted by molar-refractivity contribution is -0.118. The number of nitrogens with zero attached hydrogens (tertiary/aromatic N) is 3. The van der Waals surface area contributed by atoms with Crippen LogP contribution in [0.5, 0.6) is 5.75 Å². The van der Waals surface area contributed by atoms with Crippen LogP contribution < -0.4 is 15.7 Å². The normalized spacial score (nSPS) is 11.1. The van der Waals surface area contributed by atoms with Crippen molar-refractivity contribution in [1.82, 2.24) is 15.0 Å². The average molecular weight is 521 g/mol. The van der Waals surface area contributed by atoms with Crippen LogP contribution >= 0.6 is 11.8 Å². The van der Waals surface area contributed by atoms with E-state index in [1.165, 1.54) is 16.3 Å². The Balaban J connectivity index is 1.24. The molecule has 0 aliphatic heterocycles. The molecule has 1 N–H and O–H groups in total. The molecule has 4 aromatic carbocycles. The topological polar surface area (TPSA) is 85.6 Å². The largest absolute Gasteiger partial charge is 0.489 e. The Hall–Kier alpha value is -4.69. The van der Waals surface area contributed by atoms with Crippen LogP contribution in [0.4, 0.5) is 0 Å². The molecule has 0 saturated heterocycles. The Morgan fingerprint density at radius 1 is 0.921 bits per heavy atom. The van der Waals surface area contributed by atoms with Gasteiger partial charge in [-0.05, 0) is 47.5 Å². The van der Waals surface area contributed by atoms with Gasteiger partial charge in [-0.3, -0.25) is 14.2 Å². The lowest BCUT2D eigenvalue weighted by Gasteiger charge is -2.12. The number of thioether (sulfide) groups is 1. The number of hydrazone groups is 1. The lowest BCUT2D eigenvalue weighted by Crippen LogP contribution is -2.24. The van der Waals surface area contributed by atoms with Gasteiger partial charge < -0.3 is 4.74 Å². The van der Waals surface area contributed by atoms with Gasteiger partial charge in [-0.15, -0.1) is 0 Å². The molecule has 0 saturated carbocycles. The minimum Gasteiger partial charge on any atom is -0.489 e. The highest BCUT2D eigenvalue weighted by atomic mass is 32.2. The Bertz CT molecular complexity index is 1640. The second-order valence-electron chi connectivity index (χ2n) is 8.32. The fourth-order valence-electron chi connectivity index (χ4n) is 3.78. The molecule has 0 radical (unpaired) electrons. The first-order chi connectivity index (χ1) is 18.7. The molecule has 0 unspecified atom stereocenters. The van der Waals surface area contributed by atoms with Crippen molar-refractivity contribution in [2.45, 2.75) is 11.8 Å². The van der Waals surface area contributed by atoms with Gasteiger partial charge in [0, 0.05) is 0 Å². The summed E-state index contributed by atoms with van der Waals surface area (Å²) in [6, 6.07) is 33.8. The van der Waals surface area contributed by atoms with Crippen molar-refractivity contribution in [3.05, 3.63) is 131 Å². The molecule has 0 aliphatic rings. The third kappa shape index (κ3) is 6.16. The predicted octanol–water partition coefficient (Wildman–Crippen LogP) is 5.21. The van der Waals surface area contributed by atoms with Gasteiger partial charge in [-0.2, -0.15) is 5.10 Å². The van der Waals surface area contributed by atoms with E-state index in [1.54, 1.807) is 18.3 Å². The van der Waals surface area contributed by atoms with E-state index in [0.717, 1.165) is 11.1 Å². The number of rotatable bonds is 9. The Kier molecular flexibility index (Phi) is 7.91. The van der Waals surface area contributed by atoms with E-state index in [4.69, 9.17) is 4.74 Å².